The van der Waals surface area contributed by atoms with E-state index in [4.69, 9.17) is 0 Å². The first-order valence-electron chi connectivity index (χ1n) is 5.82. The van der Waals surface area contributed by atoms with Crippen LogP contribution in [0.5, 0.6) is 0 Å². The second-order valence-electron chi connectivity index (χ2n) is 4.38. The summed E-state index contributed by atoms with van der Waals surface area (Å²) < 4.78 is 26.3. The molecule has 2 rings (SSSR count). The van der Waals surface area contributed by atoms with Gasteiger partial charge in [0.05, 0.1) is 6.20 Å². The summed E-state index contributed by atoms with van der Waals surface area (Å²) in [4.78, 5) is 2.49. The van der Waals surface area contributed by atoms with E-state index in [1.54, 1.807) is 0 Å². The highest BCUT2D eigenvalue weighted by Gasteiger charge is 2.21. The van der Waals surface area contributed by atoms with Crippen LogP contribution >= 0.6 is 0 Å². The third kappa shape index (κ3) is 3.05. The number of nitrogens with one attached hydrogen (secondary N) is 2. The summed E-state index contributed by atoms with van der Waals surface area (Å²) in [5.74, 6) is 0. The molecular formula is C10H18N4O2S. The fraction of sp³-hybridized carbons (Fsp3) is 0.700. The minimum atomic E-state index is -3.41. The lowest BCUT2D eigenvalue weighted by molar-refractivity contribution is 0.260. The highest BCUT2D eigenvalue weighted by molar-refractivity contribution is 7.89. The van der Waals surface area contributed by atoms with Crippen molar-refractivity contribution in [3.8, 4) is 0 Å². The van der Waals surface area contributed by atoms with E-state index in [9.17, 15) is 8.42 Å². The topological polar surface area (TPSA) is 78.1 Å². The van der Waals surface area contributed by atoms with Crippen LogP contribution in [0.15, 0.2) is 17.3 Å². The molecule has 1 atom stereocenters. The van der Waals surface area contributed by atoms with Crippen molar-refractivity contribution in [2.45, 2.75) is 30.7 Å². The van der Waals surface area contributed by atoms with Crippen LogP contribution in [0.3, 0.4) is 0 Å². The van der Waals surface area contributed by atoms with Crippen LogP contribution in [0.25, 0.3) is 0 Å². The van der Waals surface area contributed by atoms with Gasteiger partial charge in [0.15, 0.2) is 0 Å². The normalized spacial score (nSPS) is 19.6. The van der Waals surface area contributed by atoms with Gasteiger partial charge in [-0.05, 0) is 32.9 Å². The smallest absolute Gasteiger partial charge is 0.243 e. The number of nitrogens with zero attached hydrogens (tertiary/aromatic N) is 2. The van der Waals surface area contributed by atoms with E-state index in [1.165, 1.54) is 25.2 Å². The molecule has 7 heteroatoms. The largest absolute Gasteiger partial charge is 0.299 e. The molecule has 0 aliphatic carbocycles. The average molecular weight is 258 g/mol. The first-order chi connectivity index (χ1) is 8.09. The van der Waals surface area contributed by atoms with Crippen molar-refractivity contribution in [1.29, 1.82) is 0 Å². The van der Waals surface area contributed by atoms with Crippen LogP contribution in [0.4, 0.5) is 0 Å². The zero-order valence-corrected chi connectivity index (χ0v) is 10.7. The van der Waals surface area contributed by atoms with E-state index in [0.29, 0.717) is 6.54 Å². The predicted molar refractivity (Wildman–Crippen MR) is 64.0 cm³/mol. The molecule has 1 fully saturated rings. The molecule has 96 valence electrons. The molecule has 0 bridgehead atoms. The molecule has 1 aliphatic rings. The summed E-state index contributed by atoms with van der Waals surface area (Å²) in [5, 5.41) is 6.14. The van der Waals surface area contributed by atoms with Crippen LogP contribution in [-0.4, -0.2) is 49.2 Å². The third-order valence-corrected chi connectivity index (χ3v) is 4.51. The van der Waals surface area contributed by atoms with Crippen molar-refractivity contribution in [3.63, 3.8) is 0 Å². The Morgan fingerprint density at radius 1 is 1.53 bits per heavy atom. The second kappa shape index (κ2) is 5.16. The maximum absolute atomic E-state index is 11.8. The first kappa shape index (κ1) is 12.5. The predicted octanol–water partition coefficient (Wildman–Crippen LogP) is 0.172. The molecule has 0 spiro atoms. The van der Waals surface area contributed by atoms with Gasteiger partial charge in [0.1, 0.15) is 4.90 Å². The lowest BCUT2D eigenvalue weighted by Gasteiger charge is -2.23. The molecule has 0 radical (unpaired) electrons. The number of rotatable bonds is 5. The summed E-state index contributed by atoms with van der Waals surface area (Å²) in [5.41, 5.74) is 0. The van der Waals surface area contributed by atoms with Crippen LogP contribution in [-0.2, 0) is 10.0 Å². The molecule has 0 aromatic carbocycles. The van der Waals surface area contributed by atoms with Crippen LogP contribution in [0, 0.1) is 0 Å². The van der Waals surface area contributed by atoms with Crippen LogP contribution in [0.2, 0.25) is 0 Å². The molecule has 1 unspecified atom stereocenters. The van der Waals surface area contributed by atoms with Crippen molar-refractivity contribution in [1.82, 2.24) is 19.8 Å². The Kier molecular flexibility index (Phi) is 3.80. The molecule has 2 heterocycles. The van der Waals surface area contributed by atoms with Gasteiger partial charge in [-0.1, -0.05) is 0 Å². The average Bonchev–Trinajstić information content (AvgIpc) is 2.97. The molecule has 17 heavy (non-hydrogen) atoms. The number of sulfonamides is 1. The molecule has 2 N–H and O–H groups in total. The molecule has 1 aromatic rings. The zero-order chi connectivity index (χ0) is 12.3. The quantitative estimate of drug-likeness (QED) is 0.789. The van der Waals surface area contributed by atoms with Crippen LogP contribution in [0.1, 0.15) is 19.8 Å². The lowest BCUT2D eigenvalue weighted by atomic mass is 10.3. The van der Waals surface area contributed by atoms with Gasteiger partial charge in [-0.2, -0.15) is 5.10 Å². The minimum absolute atomic E-state index is 0.186. The lowest BCUT2D eigenvalue weighted by Crippen LogP contribution is -2.40. The van der Waals surface area contributed by atoms with Gasteiger partial charge in [0.25, 0.3) is 0 Å². The van der Waals surface area contributed by atoms with Gasteiger partial charge >= 0.3 is 0 Å². The van der Waals surface area contributed by atoms with E-state index >= 15 is 0 Å². The van der Waals surface area contributed by atoms with Crippen molar-refractivity contribution in [3.05, 3.63) is 12.4 Å². The third-order valence-electron chi connectivity index (χ3n) is 3.12. The zero-order valence-electron chi connectivity index (χ0n) is 9.89. The minimum Gasteiger partial charge on any atom is -0.299 e. The van der Waals surface area contributed by atoms with Crippen molar-refractivity contribution in [2.24, 2.45) is 0 Å². The standard InChI is InChI=1S/C10H18N4O2S/c1-9(14-4-2-3-5-14)6-13-17(15,16)10-7-11-12-8-10/h7-9,13H,2-6H2,1H3,(H,11,12). The Labute approximate surface area is 101 Å². The fourth-order valence-corrected chi connectivity index (χ4v) is 3.04. The van der Waals surface area contributed by atoms with Crippen molar-refractivity contribution >= 4 is 10.0 Å². The van der Waals surface area contributed by atoms with E-state index in [0.717, 1.165) is 13.1 Å². The second-order valence-corrected chi connectivity index (χ2v) is 6.14. The van der Waals surface area contributed by atoms with E-state index < -0.39 is 10.0 Å². The summed E-state index contributed by atoms with van der Waals surface area (Å²) in [6.45, 7) is 4.61. The summed E-state index contributed by atoms with van der Waals surface area (Å²) >= 11 is 0. The Hall–Kier alpha value is -0.920. The summed E-state index contributed by atoms with van der Waals surface area (Å²) in [6, 6.07) is 0.235. The number of H-pyrrole nitrogens is 1. The Morgan fingerprint density at radius 3 is 2.82 bits per heavy atom. The Bertz CT molecular complexity index is 437. The van der Waals surface area contributed by atoms with Gasteiger partial charge < -0.3 is 0 Å². The van der Waals surface area contributed by atoms with Crippen molar-refractivity contribution in [2.75, 3.05) is 19.6 Å². The maximum Gasteiger partial charge on any atom is 0.243 e. The molecule has 6 nitrogen and oxygen atoms in total. The highest BCUT2D eigenvalue weighted by Crippen LogP contribution is 2.11. The summed E-state index contributed by atoms with van der Waals surface area (Å²) in [7, 11) is -3.41. The SMILES string of the molecule is CC(CNS(=O)(=O)c1cn[nH]c1)N1CCCC1. The van der Waals surface area contributed by atoms with E-state index in [2.05, 4.69) is 19.8 Å². The number of likely N-dealkylation sites (tertiary alicyclic amines) is 1. The molecule has 1 aromatic heterocycles. The first-order valence-corrected chi connectivity index (χ1v) is 7.30. The van der Waals surface area contributed by atoms with Gasteiger partial charge in [0.2, 0.25) is 10.0 Å². The van der Waals surface area contributed by atoms with E-state index in [1.807, 2.05) is 6.92 Å². The Balaban J connectivity index is 1.89. The molecule has 0 saturated carbocycles. The maximum atomic E-state index is 11.8. The van der Waals surface area contributed by atoms with Crippen LogP contribution < -0.4 is 4.72 Å². The number of aromatic nitrogens is 2. The van der Waals surface area contributed by atoms with E-state index in [-0.39, 0.29) is 10.9 Å². The van der Waals surface area contributed by atoms with Gasteiger partial charge in [-0.15, -0.1) is 0 Å². The van der Waals surface area contributed by atoms with Gasteiger partial charge in [0, 0.05) is 18.8 Å². The molecule has 0 amide bonds. The molecule has 1 saturated heterocycles. The van der Waals surface area contributed by atoms with Gasteiger partial charge in [-0.3, -0.25) is 10.00 Å². The van der Waals surface area contributed by atoms with Gasteiger partial charge in [-0.25, -0.2) is 13.1 Å². The number of hydrogen-bond acceptors (Lipinski definition) is 4. The molecular weight excluding hydrogens is 240 g/mol. The molecule has 1 aliphatic heterocycles. The number of aromatic amines is 1. The summed E-state index contributed by atoms with van der Waals surface area (Å²) in [6.07, 6.45) is 5.10. The highest BCUT2D eigenvalue weighted by atomic mass is 32.2. The fourth-order valence-electron chi connectivity index (χ4n) is 2.01. The monoisotopic (exact) mass is 258 g/mol. The number of hydrogen-bond donors (Lipinski definition) is 2. The Morgan fingerprint density at radius 2 is 2.24 bits per heavy atom. The van der Waals surface area contributed by atoms with Crippen molar-refractivity contribution < 1.29 is 8.42 Å².